The van der Waals surface area contributed by atoms with Crippen LogP contribution in [0.1, 0.15) is 11.1 Å². The van der Waals surface area contributed by atoms with E-state index in [0.29, 0.717) is 6.61 Å². The first kappa shape index (κ1) is 14.3. The van der Waals surface area contributed by atoms with Crippen LogP contribution < -0.4 is 14.2 Å². The van der Waals surface area contributed by atoms with Gasteiger partial charge in [0.25, 0.3) is 0 Å². The standard InChI is InChI=1S/C17H17BrO3/c1-19-14-3-5-17(15(18)11-14)21-8-6-12-2-4-16-13(10-12)7-9-20-16/h2-5,10-11H,6-9H2,1H3. The Hall–Kier alpha value is -1.68. The predicted octanol–water partition coefficient (Wildman–Crippen LogP) is 4.01. The third-order valence-corrected chi connectivity index (χ3v) is 4.16. The Kier molecular flexibility index (Phi) is 4.34. The van der Waals surface area contributed by atoms with Gasteiger partial charge in [-0.15, -0.1) is 0 Å². The van der Waals surface area contributed by atoms with Crippen molar-refractivity contribution in [2.24, 2.45) is 0 Å². The van der Waals surface area contributed by atoms with Crippen molar-refractivity contribution in [2.75, 3.05) is 20.3 Å². The zero-order valence-corrected chi connectivity index (χ0v) is 13.5. The monoisotopic (exact) mass is 348 g/mol. The predicted molar refractivity (Wildman–Crippen MR) is 85.5 cm³/mol. The summed E-state index contributed by atoms with van der Waals surface area (Å²) in [6, 6.07) is 12.1. The Balaban J connectivity index is 1.58. The molecule has 0 N–H and O–H groups in total. The lowest BCUT2D eigenvalue weighted by atomic mass is 10.1. The third kappa shape index (κ3) is 3.32. The van der Waals surface area contributed by atoms with Crippen molar-refractivity contribution >= 4 is 15.9 Å². The first-order chi connectivity index (χ1) is 10.3. The molecule has 0 aliphatic carbocycles. The van der Waals surface area contributed by atoms with Crippen LogP contribution in [0.3, 0.4) is 0 Å². The lowest BCUT2D eigenvalue weighted by Gasteiger charge is -2.10. The van der Waals surface area contributed by atoms with Crippen molar-refractivity contribution in [1.29, 1.82) is 0 Å². The second-order valence-electron chi connectivity index (χ2n) is 4.94. The van der Waals surface area contributed by atoms with Crippen molar-refractivity contribution in [3.63, 3.8) is 0 Å². The molecule has 110 valence electrons. The Morgan fingerprint density at radius 3 is 2.90 bits per heavy atom. The molecule has 0 atom stereocenters. The number of methoxy groups -OCH3 is 1. The number of fused-ring (bicyclic) bond motifs is 1. The zero-order valence-electron chi connectivity index (χ0n) is 11.9. The molecule has 2 aromatic carbocycles. The van der Waals surface area contributed by atoms with Crippen molar-refractivity contribution in [2.45, 2.75) is 12.8 Å². The molecule has 0 saturated heterocycles. The van der Waals surface area contributed by atoms with Crippen LogP contribution in [0.2, 0.25) is 0 Å². The molecule has 1 aliphatic rings. The average molecular weight is 349 g/mol. The maximum atomic E-state index is 5.83. The summed E-state index contributed by atoms with van der Waals surface area (Å²) in [4.78, 5) is 0. The average Bonchev–Trinajstić information content (AvgIpc) is 2.96. The molecule has 0 fully saturated rings. The second-order valence-corrected chi connectivity index (χ2v) is 5.79. The molecule has 0 bridgehead atoms. The van der Waals surface area contributed by atoms with E-state index in [-0.39, 0.29) is 0 Å². The Labute approximate surface area is 133 Å². The first-order valence-electron chi connectivity index (χ1n) is 6.97. The largest absolute Gasteiger partial charge is 0.497 e. The van der Waals surface area contributed by atoms with Crippen molar-refractivity contribution in [3.8, 4) is 17.2 Å². The maximum absolute atomic E-state index is 5.83. The van der Waals surface area contributed by atoms with E-state index in [1.165, 1.54) is 11.1 Å². The highest BCUT2D eigenvalue weighted by Crippen LogP contribution is 2.29. The summed E-state index contributed by atoms with van der Waals surface area (Å²) in [6.45, 7) is 1.44. The highest BCUT2D eigenvalue weighted by Gasteiger charge is 2.12. The van der Waals surface area contributed by atoms with Crippen molar-refractivity contribution in [3.05, 3.63) is 52.0 Å². The first-order valence-corrected chi connectivity index (χ1v) is 7.76. The fraction of sp³-hybridized carbons (Fsp3) is 0.294. The third-order valence-electron chi connectivity index (χ3n) is 3.54. The van der Waals surface area contributed by atoms with Gasteiger partial charge in [-0.1, -0.05) is 12.1 Å². The molecular weight excluding hydrogens is 332 g/mol. The molecule has 0 aromatic heterocycles. The minimum atomic E-state index is 0.643. The molecule has 0 saturated carbocycles. The fourth-order valence-electron chi connectivity index (χ4n) is 2.40. The van der Waals surface area contributed by atoms with Crippen LogP contribution in [-0.4, -0.2) is 20.3 Å². The minimum Gasteiger partial charge on any atom is -0.497 e. The number of halogens is 1. The maximum Gasteiger partial charge on any atom is 0.133 e. The molecule has 21 heavy (non-hydrogen) atoms. The highest BCUT2D eigenvalue weighted by atomic mass is 79.9. The quantitative estimate of drug-likeness (QED) is 0.816. The molecule has 4 heteroatoms. The van der Waals surface area contributed by atoms with Crippen LogP contribution in [-0.2, 0) is 12.8 Å². The van der Waals surface area contributed by atoms with E-state index in [2.05, 4.69) is 34.1 Å². The molecule has 0 amide bonds. The summed E-state index contributed by atoms with van der Waals surface area (Å²) < 4.78 is 17.4. The van der Waals surface area contributed by atoms with Gasteiger partial charge >= 0.3 is 0 Å². The van der Waals surface area contributed by atoms with Gasteiger partial charge in [0.1, 0.15) is 17.2 Å². The van der Waals surface area contributed by atoms with E-state index in [1.807, 2.05) is 18.2 Å². The molecule has 0 radical (unpaired) electrons. The topological polar surface area (TPSA) is 27.7 Å². The lowest BCUT2D eigenvalue weighted by molar-refractivity contribution is 0.319. The van der Waals surface area contributed by atoms with E-state index in [4.69, 9.17) is 14.2 Å². The molecule has 0 spiro atoms. The number of hydrogen-bond donors (Lipinski definition) is 0. The lowest BCUT2D eigenvalue weighted by Crippen LogP contribution is -2.02. The highest BCUT2D eigenvalue weighted by molar-refractivity contribution is 9.10. The van der Waals surface area contributed by atoms with Gasteiger partial charge in [0.2, 0.25) is 0 Å². The van der Waals surface area contributed by atoms with Gasteiger partial charge in [-0.05, 0) is 51.3 Å². The molecule has 3 rings (SSSR count). The number of rotatable bonds is 5. The number of hydrogen-bond acceptors (Lipinski definition) is 3. The van der Waals surface area contributed by atoms with Gasteiger partial charge in [-0.3, -0.25) is 0 Å². The molecule has 3 nitrogen and oxygen atoms in total. The second kappa shape index (κ2) is 6.39. The van der Waals surface area contributed by atoms with E-state index in [0.717, 1.165) is 41.2 Å². The van der Waals surface area contributed by atoms with Gasteiger partial charge in [-0.2, -0.15) is 0 Å². The van der Waals surface area contributed by atoms with Gasteiger partial charge in [0.15, 0.2) is 0 Å². The molecule has 2 aromatic rings. The summed E-state index contributed by atoms with van der Waals surface area (Å²) in [6.07, 6.45) is 1.89. The summed E-state index contributed by atoms with van der Waals surface area (Å²) in [5.74, 6) is 2.67. The van der Waals surface area contributed by atoms with Crippen LogP contribution in [0, 0.1) is 0 Å². The van der Waals surface area contributed by atoms with E-state index in [9.17, 15) is 0 Å². The molecule has 1 aliphatic heterocycles. The van der Waals surface area contributed by atoms with Crippen LogP contribution in [0.15, 0.2) is 40.9 Å². The molecular formula is C17H17BrO3. The van der Waals surface area contributed by atoms with Gasteiger partial charge in [0.05, 0.1) is 24.8 Å². The number of benzene rings is 2. The van der Waals surface area contributed by atoms with E-state index >= 15 is 0 Å². The minimum absolute atomic E-state index is 0.643. The van der Waals surface area contributed by atoms with Crippen LogP contribution in [0.4, 0.5) is 0 Å². The van der Waals surface area contributed by atoms with Gasteiger partial charge < -0.3 is 14.2 Å². The van der Waals surface area contributed by atoms with Crippen molar-refractivity contribution < 1.29 is 14.2 Å². The summed E-state index contributed by atoms with van der Waals surface area (Å²) >= 11 is 3.49. The number of ether oxygens (including phenoxy) is 3. The van der Waals surface area contributed by atoms with Gasteiger partial charge in [-0.25, -0.2) is 0 Å². The summed E-state index contributed by atoms with van der Waals surface area (Å²) in [5, 5.41) is 0. The smallest absolute Gasteiger partial charge is 0.133 e. The Bertz CT molecular complexity index is 640. The van der Waals surface area contributed by atoms with E-state index in [1.54, 1.807) is 7.11 Å². The normalized spacial score (nSPS) is 12.7. The Morgan fingerprint density at radius 2 is 2.10 bits per heavy atom. The molecule has 1 heterocycles. The Morgan fingerprint density at radius 1 is 1.19 bits per heavy atom. The SMILES string of the molecule is COc1ccc(OCCc2ccc3c(c2)CCO3)c(Br)c1. The molecule has 0 unspecified atom stereocenters. The van der Waals surface area contributed by atoms with Crippen molar-refractivity contribution in [1.82, 2.24) is 0 Å². The fourth-order valence-corrected chi connectivity index (χ4v) is 2.87. The van der Waals surface area contributed by atoms with Crippen LogP contribution in [0.25, 0.3) is 0 Å². The van der Waals surface area contributed by atoms with Gasteiger partial charge in [0, 0.05) is 12.8 Å². The van der Waals surface area contributed by atoms with E-state index < -0.39 is 0 Å². The summed E-state index contributed by atoms with van der Waals surface area (Å²) in [7, 11) is 1.65. The summed E-state index contributed by atoms with van der Waals surface area (Å²) in [5.41, 5.74) is 2.59. The van der Waals surface area contributed by atoms with Crippen LogP contribution in [0.5, 0.6) is 17.2 Å². The van der Waals surface area contributed by atoms with Crippen LogP contribution >= 0.6 is 15.9 Å². The zero-order chi connectivity index (χ0) is 14.7.